The molecule has 1 aliphatic rings. The maximum atomic E-state index is 11.5. The van der Waals surface area contributed by atoms with E-state index in [-0.39, 0.29) is 5.92 Å². The van der Waals surface area contributed by atoms with Gasteiger partial charge in [-0.3, -0.25) is 0 Å². The maximum Gasteiger partial charge on any atom is 0.333 e. The molecule has 22 heavy (non-hydrogen) atoms. The molecular weight excluding hydrogens is 280 g/mol. The number of benzene rings is 1. The molecule has 1 fully saturated rings. The van der Waals surface area contributed by atoms with Gasteiger partial charge in [-0.05, 0) is 6.42 Å². The van der Waals surface area contributed by atoms with Crippen LogP contribution in [0.25, 0.3) is 0 Å². The van der Waals surface area contributed by atoms with Crippen LogP contribution in [0.5, 0.6) is 0 Å². The van der Waals surface area contributed by atoms with Gasteiger partial charge in [0.2, 0.25) is 0 Å². The van der Waals surface area contributed by atoms with E-state index in [2.05, 4.69) is 6.92 Å². The Balaban J connectivity index is 1.87. The van der Waals surface area contributed by atoms with Gasteiger partial charge >= 0.3 is 5.97 Å². The van der Waals surface area contributed by atoms with Crippen LogP contribution in [0.2, 0.25) is 0 Å². The lowest BCUT2D eigenvalue weighted by Gasteiger charge is -2.34. The van der Waals surface area contributed by atoms with Crippen molar-refractivity contribution in [2.24, 2.45) is 5.92 Å². The molecule has 2 rings (SSSR count). The van der Waals surface area contributed by atoms with E-state index in [4.69, 9.17) is 9.47 Å². The van der Waals surface area contributed by atoms with Gasteiger partial charge in [0, 0.05) is 11.5 Å². The van der Waals surface area contributed by atoms with Crippen LogP contribution in [-0.2, 0) is 14.3 Å². The fraction of sp³-hybridized carbons (Fsp3) is 0.611. The molecule has 0 saturated carbocycles. The van der Waals surface area contributed by atoms with Crippen molar-refractivity contribution >= 4 is 5.97 Å². The third-order valence-corrected chi connectivity index (χ3v) is 4.15. The van der Waals surface area contributed by atoms with Gasteiger partial charge < -0.3 is 14.6 Å². The van der Waals surface area contributed by atoms with Crippen LogP contribution in [-0.4, -0.2) is 23.8 Å². The summed E-state index contributed by atoms with van der Waals surface area (Å²) >= 11 is 0. The molecule has 1 aromatic rings. The van der Waals surface area contributed by atoms with Crippen LogP contribution in [0, 0.1) is 5.92 Å². The highest BCUT2D eigenvalue weighted by atomic mass is 16.7. The van der Waals surface area contributed by atoms with Crippen molar-refractivity contribution in [1.29, 1.82) is 0 Å². The van der Waals surface area contributed by atoms with E-state index in [0.29, 0.717) is 6.61 Å². The highest BCUT2D eigenvalue weighted by Crippen LogP contribution is 2.31. The van der Waals surface area contributed by atoms with Gasteiger partial charge in [0.25, 0.3) is 0 Å². The monoisotopic (exact) mass is 306 g/mol. The molecule has 1 aliphatic heterocycles. The van der Waals surface area contributed by atoms with Crippen molar-refractivity contribution in [1.82, 2.24) is 0 Å². The van der Waals surface area contributed by atoms with E-state index in [1.54, 1.807) is 0 Å². The molecule has 0 aromatic heterocycles. The molecule has 3 unspecified atom stereocenters. The summed E-state index contributed by atoms with van der Waals surface area (Å²) in [6.07, 6.45) is 5.37. The minimum atomic E-state index is -0.886. The smallest absolute Gasteiger partial charge is 0.333 e. The van der Waals surface area contributed by atoms with Gasteiger partial charge in [0.05, 0.1) is 6.61 Å². The van der Waals surface area contributed by atoms with Crippen LogP contribution < -0.4 is 0 Å². The quantitative estimate of drug-likeness (QED) is 0.733. The first-order valence-corrected chi connectivity index (χ1v) is 8.27. The van der Waals surface area contributed by atoms with E-state index < -0.39 is 18.4 Å². The maximum absolute atomic E-state index is 11.5. The number of rotatable bonds is 8. The molecule has 0 spiro atoms. The largest absolute Gasteiger partial charge is 0.479 e. The second-order valence-electron chi connectivity index (χ2n) is 5.93. The van der Waals surface area contributed by atoms with Gasteiger partial charge in [-0.15, -0.1) is 0 Å². The van der Waals surface area contributed by atoms with Crippen LogP contribution in [0.4, 0.5) is 0 Å². The van der Waals surface area contributed by atoms with Crippen LogP contribution in [0.1, 0.15) is 57.3 Å². The summed E-state index contributed by atoms with van der Waals surface area (Å²) in [5.41, 5.74) is 0.871. The molecule has 4 nitrogen and oxygen atoms in total. The van der Waals surface area contributed by atoms with Crippen LogP contribution >= 0.6 is 0 Å². The summed E-state index contributed by atoms with van der Waals surface area (Å²) in [7, 11) is 0. The molecule has 1 aromatic carbocycles. The summed E-state index contributed by atoms with van der Waals surface area (Å²) in [4.78, 5) is 11.5. The average Bonchev–Trinajstić information content (AvgIpc) is 2.55. The Morgan fingerprint density at radius 1 is 1.18 bits per heavy atom. The lowest BCUT2D eigenvalue weighted by atomic mass is 9.94. The topological polar surface area (TPSA) is 55.8 Å². The van der Waals surface area contributed by atoms with Gasteiger partial charge in [0.15, 0.2) is 12.4 Å². The first kappa shape index (κ1) is 17.0. The van der Waals surface area contributed by atoms with Gasteiger partial charge in [-0.25, -0.2) is 4.79 Å². The third kappa shape index (κ3) is 4.82. The number of ether oxygens (including phenoxy) is 2. The Kier molecular flexibility index (Phi) is 6.87. The van der Waals surface area contributed by atoms with Gasteiger partial charge in [0.1, 0.15) is 0 Å². The third-order valence-electron chi connectivity index (χ3n) is 4.15. The van der Waals surface area contributed by atoms with Crippen LogP contribution in [0.15, 0.2) is 30.3 Å². The van der Waals surface area contributed by atoms with E-state index in [0.717, 1.165) is 24.8 Å². The van der Waals surface area contributed by atoms with Crippen molar-refractivity contribution in [3.8, 4) is 0 Å². The zero-order valence-corrected chi connectivity index (χ0v) is 13.2. The molecule has 4 heteroatoms. The number of hydrogen-bond donors (Lipinski definition) is 1. The molecular formula is C18H26O4. The lowest BCUT2D eigenvalue weighted by molar-refractivity contribution is -0.245. The molecule has 0 radical (unpaired) electrons. The molecule has 0 amide bonds. The predicted molar refractivity (Wildman–Crippen MR) is 84.5 cm³/mol. The molecule has 3 atom stereocenters. The number of unbranched alkanes of at least 4 members (excludes halogenated alkanes) is 4. The summed E-state index contributed by atoms with van der Waals surface area (Å²) in [6.45, 7) is 2.64. The fourth-order valence-corrected chi connectivity index (χ4v) is 2.87. The zero-order chi connectivity index (χ0) is 15.8. The predicted octanol–water partition coefficient (Wildman–Crippen LogP) is 4.16. The number of carbonyl (C=O) groups is 1. The summed E-state index contributed by atoms with van der Waals surface area (Å²) < 4.78 is 11.5. The van der Waals surface area contributed by atoms with Gasteiger partial charge in [-0.2, -0.15) is 0 Å². The Labute approximate surface area is 132 Å². The Morgan fingerprint density at radius 3 is 2.59 bits per heavy atom. The fourth-order valence-electron chi connectivity index (χ4n) is 2.87. The van der Waals surface area contributed by atoms with E-state index >= 15 is 0 Å². The summed E-state index contributed by atoms with van der Waals surface area (Å²) in [5.74, 6) is -0.943. The number of carboxylic acids is 1. The molecule has 0 aliphatic carbocycles. The summed E-state index contributed by atoms with van der Waals surface area (Å²) in [6, 6.07) is 9.51. The second-order valence-corrected chi connectivity index (χ2v) is 5.93. The first-order valence-electron chi connectivity index (χ1n) is 8.27. The molecule has 122 valence electrons. The van der Waals surface area contributed by atoms with Crippen molar-refractivity contribution in [3.63, 3.8) is 0 Å². The SMILES string of the molecule is CCCCCCCC1COC(c2ccccc2)OC1C(=O)O. The van der Waals surface area contributed by atoms with E-state index in [9.17, 15) is 9.90 Å². The number of carboxylic acid groups (broad SMARTS) is 1. The summed E-state index contributed by atoms with van der Waals surface area (Å²) in [5, 5.41) is 9.43. The molecule has 0 bridgehead atoms. The Bertz CT molecular complexity index is 446. The highest BCUT2D eigenvalue weighted by molar-refractivity contribution is 5.72. The first-order chi connectivity index (χ1) is 10.7. The lowest BCUT2D eigenvalue weighted by Crippen LogP contribution is -2.41. The molecule has 1 heterocycles. The minimum absolute atomic E-state index is 0.0564. The van der Waals surface area contributed by atoms with E-state index in [1.165, 1.54) is 19.3 Å². The minimum Gasteiger partial charge on any atom is -0.479 e. The standard InChI is InChI=1S/C18H26O4/c1-2-3-4-5-7-12-15-13-21-18(22-16(15)17(19)20)14-10-8-6-9-11-14/h6,8-11,15-16,18H,2-5,7,12-13H2,1H3,(H,19,20). The molecule has 1 saturated heterocycles. The average molecular weight is 306 g/mol. The normalized spacial score (nSPS) is 25.0. The second kappa shape index (κ2) is 8.91. The van der Waals surface area contributed by atoms with Crippen molar-refractivity contribution in [2.75, 3.05) is 6.61 Å². The number of aliphatic carboxylic acids is 1. The van der Waals surface area contributed by atoms with Crippen molar-refractivity contribution < 1.29 is 19.4 Å². The highest BCUT2D eigenvalue weighted by Gasteiger charge is 2.37. The molecule has 1 N–H and O–H groups in total. The van der Waals surface area contributed by atoms with Crippen LogP contribution in [0.3, 0.4) is 0 Å². The Morgan fingerprint density at radius 2 is 1.91 bits per heavy atom. The Hall–Kier alpha value is -1.39. The van der Waals surface area contributed by atoms with Crippen molar-refractivity contribution in [3.05, 3.63) is 35.9 Å². The zero-order valence-electron chi connectivity index (χ0n) is 13.2. The van der Waals surface area contributed by atoms with E-state index in [1.807, 2.05) is 30.3 Å². The van der Waals surface area contributed by atoms with Crippen molar-refractivity contribution in [2.45, 2.75) is 57.8 Å². The number of hydrogen-bond acceptors (Lipinski definition) is 3. The van der Waals surface area contributed by atoms with Gasteiger partial charge in [-0.1, -0.05) is 69.4 Å².